The van der Waals surface area contributed by atoms with Gasteiger partial charge in [0, 0.05) is 17.8 Å². The molecule has 10 heteroatoms. The summed E-state index contributed by atoms with van der Waals surface area (Å²) in [4.78, 5) is 40.4. The van der Waals surface area contributed by atoms with Crippen LogP contribution in [0.1, 0.15) is 44.4 Å². The number of aromatic nitrogens is 4. The Bertz CT molecular complexity index is 1030. The predicted octanol–water partition coefficient (Wildman–Crippen LogP) is 1.45. The minimum atomic E-state index is -0.320. The van der Waals surface area contributed by atoms with Crippen LogP contribution in [-0.4, -0.2) is 49.4 Å². The Morgan fingerprint density at radius 2 is 1.86 bits per heavy atom. The van der Waals surface area contributed by atoms with Crippen molar-refractivity contribution in [1.82, 2.24) is 30.4 Å². The molecule has 2 aromatic heterocycles. The monoisotopic (exact) mass is 410 g/mol. The third-order valence-corrected chi connectivity index (χ3v) is 5.62. The number of nitrogens with zero attached hydrogens (tertiary/aromatic N) is 5. The summed E-state index contributed by atoms with van der Waals surface area (Å²) in [5.41, 5.74) is 0.816. The van der Waals surface area contributed by atoms with Crippen LogP contribution in [0.25, 0.3) is 0 Å². The number of thiophene rings is 1. The molecular weight excluding hydrogens is 392 g/mol. The number of imide groups is 1. The lowest BCUT2D eigenvalue weighted by Crippen LogP contribution is -2.32. The lowest BCUT2D eigenvalue weighted by atomic mass is 10.1. The fourth-order valence-electron chi connectivity index (χ4n) is 3.12. The number of carbonyl (C=O) groups excluding carboxylic acids is 3. The van der Waals surface area contributed by atoms with Crippen LogP contribution in [0.15, 0.2) is 41.8 Å². The van der Waals surface area contributed by atoms with Gasteiger partial charge in [0.15, 0.2) is 5.82 Å². The second-order valence-corrected chi connectivity index (χ2v) is 7.58. The molecule has 1 aliphatic heterocycles. The third-order valence-electron chi connectivity index (χ3n) is 4.56. The Balaban J connectivity index is 1.31. The van der Waals surface area contributed by atoms with Crippen molar-refractivity contribution in [2.24, 2.45) is 0 Å². The lowest BCUT2D eigenvalue weighted by molar-refractivity contribution is -0.122. The van der Waals surface area contributed by atoms with Crippen LogP contribution in [0.5, 0.6) is 0 Å². The molecule has 3 amide bonds. The Hall–Kier alpha value is -3.40. The smallest absolute Gasteiger partial charge is 0.261 e. The van der Waals surface area contributed by atoms with Gasteiger partial charge in [0.1, 0.15) is 6.54 Å². The number of nitrogens with one attached hydrogen (secondary N) is 1. The largest absolute Gasteiger partial charge is 0.347 e. The summed E-state index contributed by atoms with van der Waals surface area (Å²) in [7, 11) is 0. The molecule has 3 heterocycles. The zero-order chi connectivity index (χ0) is 20.4. The third kappa shape index (κ3) is 3.92. The number of tetrazole rings is 1. The van der Waals surface area contributed by atoms with Gasteiger partial charge in [-0.25, -0.2) is 0 Å². The number of hydrogen-bond acceptors (Lipinski definition) is 7. The van der Waals surface area contributed by atoms with E-state index in [1.807, 2.05) is 24.4 Å². The minimum Gasteiger partial charge on any atom is -0.347 e. The first-order valence-corrected chi connectivity index (χ1v) is 9.95. The molecule has 1 aliphatic rings. The van der Waals surface area contributed by atoms with Crippen LogP contribution >= 0.6 is 11.3 Å². The van der Waals surface area contributed by atoms with Crippen LogP contribution in [0.4, 0.5) is 0 Å². The molecule has 0 unspecified atom stereocenters. The van der Waals surface area contributed by atoms with Crippen LogP contribution in [0.2, 0.25) is 0 Å². The van der Waals surface area contributed by atoms with Gasteiger partial charge in [0.05, 0.1) is 17.2 Å². The molecule has 0 spiro atoms. The van der Waals surface area contributed by atoms with E-state index >= 15 is 0 Å². The van der Waals surface area contributed by atoms with Gasteiger partial charge in [0.25, 0.3) is 11.8 Å². The predicted molar refractivity (Wildman–Crippen MR) is 104 cm³/mol. The fourth-order valence-corrected chi connectivity index (χ4v) is 3.86. The van der Waals surface area contributed by atoms with Gasteiger partial charge < -0.3 is 5.32 Å². The summed E-state index contributed by atoms with van der Waals surface area (Å²) in [6, 6.07) is 10.5. The average Bonchev–Trinajstić information content (AvgIpc) is 3.43. The van der Waals surface area contributed by atoms with E-state index in [0.29, 0.717) is 17.0 Å². The van der Waals surface area contributed by atoms with E-state index in [2.05, 4.69) is 20.7 Å². The summed E-state index contributed by atoms with van der Waals surface area (Å²) in [5.74, 6) is -0.504. The number of fused-ring (bicyclic) bond motifs is 1. The number of rotatable bonds is 7. The first-order chi connectivity index (χ1) is 14.0. The van der Waals surface area contributed by atoms with E-state index in [1.165, 1.54) is 9.70 Å². The molecule has 0 radical (unpaired) electrons. The molecule has 0 saturated heterocycles. The summed E-state index contributed by atoms with van der Waals surface area (Å²) in [5, 5.41) is 16.8. The Labute approximate surface area is 170 Å². The van der Waals surface area contributed by atoms with Crippen LogP contribution in [0.3, 0.4) is 0 Å². The first-order valence-electron chi connectivity index (χ1n) is 9.07. The van der Waals surface area contributed by atoms with Gasteiger partial charge in [0.2, 0.25) is 5.91 Å². The second kappa shape index (κ2) is 7.92. The van der Waals surface area contributed by atoms with Crippen molar-refractivity contribution in [2.75, 3.05) is 6.54 Å². The number of carbonyl (C=O) groups is 3. The van der Waals surface area contributed by atoms with E-state index in [1.54, 1.807) is 35.6 Å². The topological polar surface area (TPSA) is 110 Å². The molecular formula is C19H18N6O3S. The lowest BCUT2D eigenvalue weighted by Gasteiger charge is -2.12. The molecule has 1 aromatic carbocycles. The Kier molecular flexibility index (Phi) is 5.17. The highest BCUT2D eigenvalue weighted by molar-refractivity contribution is 7.10. The first kappa shape index (κ1) is 18.9. The molecule has 9 nitrogen and oxygen atoms in total. The van der Waals surface area contributed by atoms with Crippen LogP contribution in [-0.2, 0) is 17.8 Å². The average molecular weight is 410 g/mol. The van der Waals surface area contributed by atoms with Crippen molar-refractivity contribution in [3.05, 3.63) is 63.6 Å². The van der Waals surface area contributed by atoms with E-state index in [0.717, 1.165) is 4.88 Å². The van der Waals surface area contributed by atoms with Crippen molar-refractivity contribution < 1.29 is 14.4 Å². The van der Waals surface area contributed by atoms with Crippen molar-refractivity contribution in [2.45, 2.75) is 25.9 Å². The Morgan fingerprint density at radius 3 is 2.52 bits per heavy atom. The van der Waals surface area contributed by atoms with Gasteiger partial charge in [-0.1, -0.05) is 18.2 Å². The second-order valence-electron chi connectivity index (χ2n) is 6.60. The van der Waals surface area contributed by atoms with Gasteiger partial charge in [-0.15, -0.1) is 21.5 Å². The highest BCUT2D eigenvalue weighted by atomic mass is 32.1. The van der Waals surface area contributed by atoms with Gasteiger partial charge >= 0.3 is 0 Å². The molecule has 29 heavy (non-hydrogen) atoms. The standard InChI is InChI=1S/C19H18N6O3S/c1-12(15-7-4-10-29-15)20-17(26)11-25-22-16(21-23-25)8-9-24-18(27)13-5-2-3-6-14(13)19(24)28/h2-7,10,12H,8-9,11H2,1H3,(H,20,26)/t12-/m1/s1. The molecule has 0 fully saturated rings. The van der Waals surface area contributed by atoms with Crippen LogP contribution < -0.4 is 5.32 Å². The van der Waals surface area contributed by atoms with Gasteiger partial charge in [-0.2, -0.15) is 4.80 Å². The maximum atomic E-state index is 12.4. The van der Waals surface area contributed by atoms with Crippen LogP contribution in [0, 0.1) is 0 Å². The molecule has 4 rings (SSSR count). The summed E-state index contributed by atoms with van der Waals surface area (Å²) >= 11 is 1.57. The zero-order valence-electron chi connectivity index (χ0n) is 15.6. The quantitative estimate of drug-likeness (QED) is 0.591. The molecule has 0 bridgehead atoms. The number of benzene rings is 1. The zero-order valence-corrected chi connectivity index (χ0v) is 16.4. The SMILES string of the molecule is C[C@@H](NC(=O)Cn1nnc(CCN2C(=O)c3ccccc3C2=O)n1)c1cccs1. The summed E-state index contributed by atoms with van der Waals surface area (Å²) in [6.07, 6.45) is 0.263. The summed E-state index contributed by atoms with van der Waals surface area (Å²) < 4.78 is 0. The van der Waals surface area contributed by atoms with E-state index in [9.17, 15) is 14.4 Å². The van der Waals surface area contributed by atoms with E-state index < -0.39 is 0 Å². The molecule has 3 aromatic rings. The fraction of sp³-hybridized carbons (Fsp3) is 0.263. The molecule has 0 saturated carbocycles. The van der Waals surface area contributed by atoms with E-state index in [-0.39, 0.29) is 43.3 Å². The van der Waals surface area contributed by atoms with Crippen molar-refractivity contribution >= 4 is 29.1 Å². The highest BCUT2D eigenvalue weighted by Gasteiger charge is 2.34. The number of amides is 3. The maximum absolute atomic E-state index is 12.4. The molecule has 1 N–H and O–H groups in total. The van der Waals surface area contributed by atoms with Crippen molar-refractivity contribution in [1.29, 1.82) is 0 Å². The van der Waals surface area contributed by atoms with Gasteiger partial charge in [-0.3, -0.25) is 19.3 Å². The number of hydrogen-bond donors (Lipinski definition) is 1. The Morgan fingerprint density at radius 1 is 1.14 bits per heavy atom. The van der Waals surface area contributed by atoms with Gasteiger partial charge in [-0.05, 0) is 35.7 Å². The molecule has 148 valence electrons. The normalized spacial score (nSPS) is 14.2. The van der Waals surface area contributed by atoms with Crippen molar-refractivity contribution in [3.63, 3.8) is 0 Å². The highest BCUT2D eigenvalue weighted by Crippen LogP contribution is 2.22. The molecule has 0 aliphatic carbocycles. The molecule has 1 atom stereocenters. The summed E-state index contributed by atoms with van der Waals surface area (Å²) in [6.45, 7) is 2.00. The van der Waals surface area contributed by atoms with Crippen molar-refractivity contribution in [3.8, 4) is 0 Å². The van der Waals surface area contributed by atoms with E-state index in [4.69, 9.17) is 0 Å². The maximum Gasteiger partial charge on any atom is 0.261 e. The minimum absolute atomic E-state index is 0.0598.